The third-order valence-electron chi connectivity index (χ3n) is 4.88. The summed E-state index contributed by atoms with van der Waals surface area (Å²) in [6.07, 6.45) is 12.1. The van der Waals surface area contributed by atoms with Crippen LogP contribution in [0.1, 0.15) is 70.6 Å². The highest BCUT2D eigenvalue weighted by atomic mass is 16.4. The Morgan fingerprint density at radius 2 is 1.76 bits per heavy atom. The SMILES string of the molecule is CB(O)CCCCC(N)(CCCCC1CCCC1)C(=O)O. The Morgan fingerprint density at radius 3 is 2.29 bits per heavy atom. The fraction of sp³-hybridized carbons (Fsp3) is 0.938. The van der Waals surface area contributed by atoms with Crippen LogP contribution in [-0.4, -0.2) is 28.6 Å². The van der Waals surface area contributed by atoms with Crippen LogP contribution in [0.15, 0.2) is 0 Å². The summed E-state index contributed by atoms with van der Waals surface area (Å²) in [5.74, 6) is -0.00606. The summed E-state index contributed by atoms with van der Waals surface area (Å²) in [7, 11) is 0. The Hall–Kier alpha value is -0.545. The highest BCUT2D eigenvalue weighted by molar-refractivity contribution is 6.48. The summed E-state index contributed by atoms with van der Waals surface area (Å²) in [5.41, 5.74) is 5.01. The average Bonchev–Trinajstić information content (AvgIpc) is 2.92. The number of carboxylic acid groups (broad SMARTS) is 1. The normalized spacial score (nSPS) is 18.6. The fourth-order valence-corrected chi connectivity index (χ4v) is 3.39. The Morgan fingerprint density at radius 1 is 1.19 bits per heavy atom. The second-order valence-corrected chi connectivity index (χ2v) is 6.95. The lowest BCUT2D eigenvalue weighted by atomic mass is 9.66. The van der Waals surface area contributed by atoms with Crippen molar-refractivity contribution in [2.24, 2.45) is 11.7 Å². The molecule has 1 saturated carbocycles. The van der Waals surface area contributed by atoms with E-state index in [1.165, 1.54) is 32.1 Å². The van der Waals surface area contributed by atoms with Gasteiger partial charge in [-0.05, 0) is 25.1 Å². The van der Waals surface area contributed by atoms with Crippen molar-refractivity contribution in [3.63, 3.8) is 0 Å². The minimum Gasteiger partial charge on any atom is -0.480 e. The van der Waals surface area contributed by atoms with Crippen LogP contribution in [0.4, 0.5) is 0 Å². The molecule has 0 saturated heterocycles. The second kappa shape index (κ2) is 9.47. The zero-order valence-electron chi connectivity index (χ0n) is 13.5. The van der Waals surface area contributed by atoms with Crippen molar-refractivity contribution >= 4 is 12.9 Å². The van der Waals surface area contributed by atoms with Gasteiger partial charge in [0.1, 0.15) is 5.54 Å². The van der Waals surface area contributed by atoms with Crippen LogP contribution < -0.4 is 5.73 Å². The van der Waals surface area contributed by atoms with Gasteiger partial charge in [0.25, 0.3) is 6.92 Å². The molecule has 4 N–H and O–H groups in total. The van der Waals surface area contributed by atoms with Crippen LogP contribution in [0, 0.1) is 5.92 Å². The lowest BCUT2D eigenvalue weighted by molar-refractivity contribution is -0.144. The van der Waals surface area contributed by atoms with Gasteiger partial charge in [-0.15, -0.1) is 0 Å². The smallest absolute Gasteiger partial charge is 0.323 e. The second-order valence-electron chi connectivity index (χ2n) is 6.95. The number of carboxylic acids is 1. The van der Waals surface area contributed by atoms with Crippen LogP contribution in [0.25, 0.3) is 0 Å². The molecule has 0 bridgehead atoms. The molecule has 122 valence electrons. The maximum atomic E-state index is 11.4. The first-order valence-corrected chi connectivity index (χ1v) is 8.64. The van der Waals surface area contributed by atoms with Crippen LogP contribution in [0.5, 0.6) is 0 Å². The third-order valence-corrected chi connectivity index (χ3v) is 4.88. The molecule has 0 radical (unpaired) electrons. The van der Waals surface area contributed by atoms with Crippen molar-refractivity contribution in [3.8, 4) is 0 Å². The quantitative estimate of drug-likeness (QED) is 0.403. The molecule has 1 unspecified atom stereocenters. The van der Waals surface area contributed by atoms with Crippen LogP contribution in [0.2, 0.25) is 13.1 Å². The molecule has 1 fully saturated rings. The molecule has 1 atom stereocenters. The van der Waals surface area contributed by atoms with E-state index >= 15 is 0 Å². The van der Waals surface area contributed by atoms with Crippen LogP contribution in [0.3, 0.4) is 0 Å². The summed E-state index contributed by atoms with van der Waals surface area (Å²) >= 11 is 0. The number of hydrogen-bond donors (Lipinski definition) is 3. The van der Waals surface area contributed by atoms with Crippen molar-refractivity contribution in [2.75, 3.05) is 0 Å². The maximum absolute atomic E-state index is 11.4. The van der Waals surface area contributed by atoms with Crippen molar-refractivity contribution in [2.45, 2.75) is 89.3 Å². The summed E-state index contributed by atoms with van der Waals surface area (Å²) in [5, 5.41) is 18.6. The van der Waals surface area contributed by atoms with Gasteiger partial charge >= 0.3 is 5.97 Å². The van der Waals surface area contributed by atoms with Gasteiger partial charge < -0.3 is 15.9 Å². The van der Waals surface area contributed by atoms with Crippen molar-refractivity contribution < 1.29 is 14.9 Å². The molecule has 1 rings (SSSR count). The van der Waals surface area contributed by atoms with Gasteiger partial charge in [-0.1, -0.05) is 64.6 Å². The highest BCUT2D eigenvalue weighted by Gasteiger charge is 2.32. The summed E-state index contributed by atoms with van der Waals surface area (Å²) in [6.45, 7) is 1.45. The standard InChI is InChI=1S/C16H32BNO3/c1-17(21)13-7-6-12-16(18,15(19)20)11-5-4-10-14-8-2-3-9-14/h14,21H,2-13,18H2,1H3,(H,19,20). The minimum atomic E-state index is -1.08. The Bertz CT molecular complexity index is 306. The predicted molar refractivity (Wildman–Crippen MR) is 87.5 cm³/mol. The van der Waals surface area contributed by atoms with E-state index in [0.717, 1.165) is 37.9 Å². The number of nitrogens with two attached hydrogens (primary N) is 1. The zero-order chi connectivity index (χ0) is 15.7. The zero-order valence-corrected chi connectivity index (χ0v) is 13.5. The van der Waals surface area contributed by atoms with Crippen molar-refractivity contribution in [1.82, 2.24) is 0 Å². The van der Waals surface area contributed by atoms with E-state index in [-0.39, 0.29) is 6.92 Å². The van der Waals surface area contributed by atoms with E-state index in [4.69, 9.17) is 5.73 Å². The molecule has 21 heavy (non-hydrogen) atoms. The van der Waals surface area contributed by atoms with E-state index < -0.39 is 11.5 Å². The molecule has 5 heteroatoms. The first-order chi connectivity index (χ1) is 9.94. The molecule has 0 aromatic carbocycles. The number of hydrogen-bond acceptors (Lipinski definition) is 3. The largest absolute Gasteiger partial charge is 0.480 e. The van der Waals surface area contributed by atoms with E-state index in [2.05, 4.69) is 0 Å². The predicted octanol–water partition coefficient (Wildman–Crippen LogP) is 3.30. The van der Waals surface area contributed by atoms with E-state index in [0.29, 0.717) is 12.8 Å². The Labute approximate surface area is 129 Å². The molecule has 0 aromatic heterocycles. The summed E-state index contributed by atoms with van der Waals surface area (Å²) in [4.78, 5) is 11.4. The lowest BCUT2D eigenvalue weighted by Crippen LogP contribution is -2.47. The van der Waals surface area contributed by atoms with Crippen LogP contribution in [-0.2, 0) is 4.79 Å². The molecule has 0 amide bonds. The fourth-order valence-electron chi connectivity index (χ4n) is 3.39. The molecule has 4 nitrogen and oxygen atoms in total. The third kappa shape index (κ3) is 7.32. The minimum absolute atomic E-state index is 0.312. The van der Waals surface area contributed by atoms with Gasteiger partial charge in [0.2, 0.25) is 0 Å². The molecule has 0 aliphatic heterocycles. The summed E-state index contributed by atoms with van der Waals surface area (Å²) in [6, 6.07) is 0. The van der Waals surface area contributed by atoms with Crippen molar-refractivity contribution in [1.29, 1.82) is 0 Å². The monoisotopic (exact) mass is 297 g/mol. The Balaban J connectivity index is 2.21. The van der Waals surface area contributed by atoms with Gasteiger partial charge in [-0.2, -0.15) is 0 Å². The molecular weight excluding hydrogens is 265 g/mol. The van der Waals surface area contributed by atoms with E-state index in [1.807, 2.05) is 0 Å². The molecule has 0 spiro atoms. The molecule has 0 heterocycles. The van der Waals surface area contributed by atoms with Gasteiger partial charge in [0, 0.05) is 0 Å². The van der Waals surface area contributed by atoms with Crippen LogP contribution >= 0.6 is 0 Å². The first kappa shape index (κ1) is 18.5. The number of unbranched alkanes of at least 4 members (excludes halogenated alkanes) is 2. The first-order valence-electron chi connectivity index (χ1n) is 8.64. The van der Waals surface area contributed by atoms with Gasteiger partial charge in [0.15, 0.2) is 0 Å². The van der Waals surface area contributed by atoms with Gasteiger partial charge in [0.05, 0.1) is 0 Å². The Kier molecular flexibility index (Phi) is 8.34. The van der Waals surface area contributed by atoms with Gasteiger partial charge in [-0.3, -0.25) is 4.79 Å². The maximum Gasteiger partial charge on any atom is 0.323 e. The lowest BCUT2D eigenvalue weighted by Gasteiger charge is -2.25. The number of carbonyl (C=O) groups is 1. The van der Waals surface area contributed by atoms with E-state index in [1.54, 1.807) is 6.82 Å². The molecular formula is C16H32BNO3. The van der Waals surface area contributed by atoms with E-state index in [9.17, 15) is 14.9 Å². The number of rotatable bonds is 11. The van der Waals surface area contributed by atoms with Crippen molar-refractivity contribution in [3.05, 3.63) is 0 Å². The molecule has 1 aliphatic rings. The average molecular weight is 297 g/mol. The molecule has 0 aromatic rings. The molecule has 1 aliphatic carbocycles. The summed E-state index contributed by atoms with van der Waals surface area (Å²) < 4.78 is 0. The van der Waals surface area contributed by atoms with Gasteiger partial charge in [-0.25, -0.2) is 0 Å². The highest BCUT2D eigenvalue weighted by Crippen LogP contribution is 2.30. The topological polar surface area (TPSA) is 83.5 Å². The number of aliphatic carboxylic acids is 1.